The van der Waals surface area contributed by atoms with Gasteiger partial charge in [0.25, 0.3) is 0 Å². The quantitative estimate of drug-likeness (QED) is 0.819. The summed E-state index contributed by atoms with van der Waals surface area (Å²) in [5.74, 6) is 0. The van der Waals surface area contributed by atoms with Gasteiger partial charge in [0.15, 0.2) is 0 Å². The van der Waals surface area contributed by atoms with Crippen LogP contribution in [0.5, 0.6) is 0 Å². The highest BCUT2D eigenvalue weighted by Crippen LogP contribution is 2.14. The normalized spacial score (nSPS) is 12.4. The molecule has 0 saturated carbocycles. The molecule has 1 aromatic rings. The van der Waals surface area contributed by atoms with Gasteiger partial charge in [-0.15, -0.1) is 6.58 Å². The summed E-state index contributed by atoms with van der Waals surface area (Å²) in [6.45, 7) is 9.02. The molecule has 1 N–H and O–H groups in total. The van der Waals surface area contributed by atoms with Crippen molar-refractivity contribution in [3.8, 4) is 0 Å². The number of rotatable bonds is 4. The summed E-state index contributed by atoms with van der Waals surface area (Å²) in [7, 11) is -3.47. The number of hydrogen-bond acceptors (Lipinski definition) is 2. The van der Waals surface area contributed by atoms with Crippen LogP contribution in [0.25, 0.3) is 0 Å². The Bertz CT molecular complexity index is 472. The molecule has 0 aliphatic carbocycles. The fraction of sp³-hybridized carbons (Fsp3) is 0.333. The molecule has 0 atom stereocenters. The first-order valence-corrected chi connectivity index (χ1v) is 6.49. The van der Waals surface area contributed by atoms with Gasteiger partial charge in [0.1, 0.15) is 0 Å². The lowest BCUT2D eigenvalue weighted by Crippen LogP contribution is -2.41. The Balaban J connectivity index is 3.04. The van der Waals surface area contributed by atoms with Crippen molar-refractivity contribution >= 4 is 10.0 Å². The molecule has 0 aliphatic rings. The minimum Gasteiger partial charge on any atom is -0.207 e. The predicted molar refractivity (Wildman–Crippen MR) is 65.8 cm³/mol. The molecule has 88 valence electrons. The smallest absolute Gasteiger partial charge is 0.207 e. The van der Waals surface area contributed by atoms with Crippen LogP contribution in [0, 0.1) is 6.92 Å². The van der Waals surface area contributed by atoms with Crippen molar-refractivity contribution < 1.29 is 8.42 Å². The monoisotopic (exact) mass is 239 g/mol. The minimum atomic E-state index is -3.47. The van der Waals surface area contributed by atoms with Gasteiger partial charge in [0.05, 0.1) is 4.90 Å². The highest BCUT2D eigenvalue weighted by molar-refractivity contribution is 7.89. The van der Waals surface area contributed by atoms with Crippen LogP contribution in [0.4, 0.5) is 0 Å². The van der Waals surface area contributed by atoms with E-state index in [4.69, 9.17) is 0 Å². The first-order valence-electron chi connectivity index (χ1n) is 5.01. The van der Waals surface area contributed by atoms with E-state index in [0.717, 1.165) is 5.56 Å². The molecule has 0 unspecified atom stereocenters. The molecule has 1 rings (SSSR count). The lowest BCUT2D eigenvalue weighted by molar-refractivity contribution is 0.530. The van der Waals surface area contributed by atoms with Gasteiger partial charge < -0.3 is 0 Å². The number of aryl methyl sites for hydroxylation is 1. The van der Waals surface area contributed by atoms with Gasteiger partial charge in [0, 0.05) is 5.54 Å². The minimum absolute atomic E-state index is 0.271. The van der Waals surface area contributed by atoms with E-state index in [1.54, 1.807) is 44.2 Å². The Labute approximate surface area is 97.2 Å². The van der Waals surface area contributed by atoms with Crippen molar-refractivity contribution in [3.63, 3.8) is 0 Å². The maximum atomic E-state index is 12.0. The summed E-state index contributed by atoms with van der Waals surface area (Å²) in [5.41, 5.74) is 0.380. The fourth-order valence-corrected chi connectivity index (χ4v) is 2.55. The van der Waals surface area contributed by atoms with E-state index in [1.807, 2.05) is 6.92 Å². The summed E-state index contributed by atoms with van der Waals surface area (Å²) in [5, 5.41) is 0. The zero-order valence-electron chi connectivity index (χ0n) is 9.82. The largest absolute Gasteiger partial charge is 0.241 e. The van der Waals surface area contributed by atoms with Gasteiger partial charge >= 0.3 is 0 Å². The number of benzene rings is 1. The van der Waals surface area contributed by atoms with E-state index in [2.05, 4.69) is 11.3 Å². The van der Waals surface area contributed by atoms with Crippen LogP contribution in [-0.4, -0.2) is 14.0 Å². The molecule has 0 heterocycles. The van der Waals surface area contributed by atoms with Crippen LogP contribution < -0.4 is 4.72 Å². The van der Waals surface area contributed by atoms with Crippen molar-refractivity contribution in [2.45, 2.75) is 31.2 Å². The molecule has 4 heteroatoms. The van der Waals surface area contributed by atoms with E-state index in [-0.39, 0.29) is 4.90 Å². The maximum Gasteiger partial charge on any atom is 0.241 e. The third kappa shape index (κ3) is 3.18. The van der Waals surface area contributed by atoms with Crippen molar-refractivity contribution in [2.75, 3.05) is 0 Å². The second kappa shape index (κ2) is 4.39. The Hall–Kier alpha value is -1.13. The molecule has 0 aromatic heterocycles. The summed E-state index contributed by atoms with van der Waals surface area (Å²) >= 11 is 0. The van der Waals surface area contributed by atoms with Crippen molar-refractivity contribution in [1.29, 1.82) is 0 Å². The maximum absolute atomic E-state index is 12.0. The summed E-state index contributed by atoms with van der Waals surface area (Å²) in [6, 6.07) is 6.73. The highest BCUT2D eigenvalue weighted by atomic mass is 32.2. The van der Waals surface area contributed by atoms with Gasteiger partial charge in [-0.1, -0.05) is 23.8 Å². The molecule has 16 heavy (non-hydrogen) atoms. The Morgan fingerprint density at radius 1 is 1.25 bits per heavy atom. The fourth-order valence-electron chi connectivity index (χ4n) is 1.16. The second-order valence-corrected chi connectivity index (χ2v) is 6.03. The van der Waals surface area contributed by atoms with E-state index in [0.29, 0.717) is 0 Å². The molecule has 0 bridgehead atoms. The number of hydrogen-bond donors (Lipinski definition) is 1. The molecular weight excluding hydrogens is 222 g/mol. The van der Waals surface area contributed by atoms with Crippen molar-refractivity contribution in [2.24, 2.45) is 0 Å². The third-order valence-electron chi connectivity index (χ3n) is 2.24. The van der Waals surface area contributed by atoms with Gasteiger partial charge in [-0.2, -0.15) is 0 Å². The molecule has 0 aliphatic heterocycles. The SMILES string of the molecule is C=CC(C)(C)NS(=O)(=O)c1ccc(C)cc1. The lowest BCUT2D eigenvalue weighted by atomic mass is 10.1. The van der Waals surface area contributed by atoms with Crippen molar-refractivity contribution in [3.05, 3.63) is 42.5 Å². The summed E-state index contributed by atoms with van der Waals surface area (Å²) in [4.78, 5) is 0.271. The van der Waals surface area contributed by atoms with Gasteiger partial charge in [0.2, 0.25) is 10.0 Å². The van der Waals surface area contributed by atoms with Crippen LogP contribution in [-0.2, 0) is 10.0 Å². The predicted octanol–water partition coefficient (Wildman–Crippen LogP) is 2.24. The van der Waals surface area contributed by atoms with Crippen LogP contribution >= 0.6 is 0 Å². The first-order chi connectivity index (χ1) is 7.27. The van der Waals surface area contributed by atoms with Crippen LogP contribution in [0.15, 0.2) is 41.8 Å². The van der Waals surface area contributed by atoms with Crippen LogP contribution in [0.3, 0.4) is 0 Å². The molecule has 0 saturated heterocycles. The average molecular weight is 239 g/mol. The van der Waals surface area contributed by atoms with Gasteiger partial charge in [-0.3, -0.25) is 0 Å². The molecule has 3 nitrogen and oxygen atoms in total. The topological polar surface area (TPSA) is 46.2 Å². The molecular formula is C12H17NO2S. The molecule has 0 fully saturated rings. The second-order valence-electron chi connectivity index (χ2n) is 4.34. The molecule has 1 aromatic carbocycles. The Morgan fingerprint density at radius 2 is 1.75 bits per heavy atom. The van der Waals surface area contributed by atoms with Crippen LogP contribution in [0.2, 0.25) is 0 Å². The van der Waals surface area contributed by atoms with Gasteiger partial charge in [-0.25, -0.2) is 13.1 Å². The third-order valence-corrected chi connectivity index (χ3v) is 3.93. The van der Waals surface area contributed by atoms with Crippen LogP contribution in [0.1, 0.15) is 19.4 Å². The standard InChI is InChI=1S/C12H17NO2S/c1-5-12(3,4)13-16(14,15)11-8-6-10(2)7-9-11/h5-9,13H,1H2,2-4H3. The zero-order chi connectivity index (χ0) is 12.4. The molecule has 0 amide bonds. The Kier molecular flexibility index (Phi) is 3.55. The summed E-state index contributed by atoms with van der Waals surface area (Å²) in [6.07, 6.45) is 1.57. The zero-order valence-corrected chi connectivity index (χ0v) is 10.6. The van der Waals surface area contributed by atoms with Gasteiger partial charge in [-0.05, 0) is 32.9 Å². The van der Waals surface area contributed by atoms with E-state index < -0.39 is 15.6 Å². The molecule has 0 radical (unpaired) electrons. The highest BCUT2D eigenvalue weighted by Gasteiger charge is 2.22. The number of nitrogens with one attached hydrogen (secondary N) is 1. The first kappa shape index (κ1) is 12.9. The van der Waals surface area contributed by atoms with E-state index >= 15 is 0 Å². The van der Waals surface area contributed by atoms with E-state index in [9.17, 15) is 8.42 Å². The molecule has 0 spiro atoms. The lowest BCUT2D eigenvalue weighted by Gasteiger charge is -2.21. The van der Waals surface area contributed by atoms with E-state index in [1.165, 1.54) is 0 Å². The average Bonchev–Trinajstić information content (AvgIpc) is 2.17. The Morgan fingerprint density at radius 3 is 2.19 bits per heavy atom. The number of sulfonamides is 1. The van der Waals surface area contributed by atoms with Crippen molar-refractivity contribution in [1.82, 2.24) is 4.72 Å². The summed E-state index contributed by atoms with van der Waals surface area (Å²) < 4.78 is 26.5.